The van der Waals surface area contributed by atoms with E-state index in [0.717, 1.165) is 6.42 Å². The van der Waals surface area contributed by atoms with Crippen molar-refractivity contribution >= 4 is 11.9 Å². The lowest BCUT2D eigenvalue weighted by molar-refractivity contribution is -0.692. The van der Waals surface area contributed by atoms with Crippen molar-refractivity contribution in [2.24, 2.45) is 5.92 Å². The first-order valence-corrected chi connectivity index (χ1v) is 9.28. The number of imide groups is 1. The molecule has 0 aliphatic carbocycles. The van der Waals surface area contributed by atoms with Crippen LogP contribution in [0.5, 0.6) is 0 Å². The normalized spacial score (nSPS) is 13.6. The summed E-state index contributed by atoms with van der Waals surface area (Å²) in [7, 11) is 0. The van der Waals surface area contributed by atoms with E-state index in [-0.39, 0.29) is 24.5 Å². The third-order valence-electron chi connectivity index (χ3n) is 4.51. The number of urea groups is 1. The highest BCUT2D eigenvalue weighted by molar-refractivity contribution is 5.94. The largest absolute Gasteiger partial charge is 0.335 e. The van der Waals surface area contributed by atoms with Gasteiger partial charge in [0.05, 0.1) is 0 Å². The SMILES string of the molecule is CC[C@H](C)NC(=O)NC(=O)C[NH2+][C@@H](c1ccc(C(C)C)cc1)C(C)C. The lowest BCUT2D eigenvalue weighted by Crippen LogP contribution is -2.88. The van der Waals surface area contributed by atoms with Gasteiger partial charge in [-0.25, -0.2) is 4.79 Å². The first-order valence-electron chi connectivity index (χ1n) is 9.28. The first-order chi connectivity index (χ1) is 11.7. The molecule has 25 heavy (non-hydrogen) atoms. The van der Waals surface area contributed by atoms with Gasteiger partial charge in [0.15, 0.2) is 6.54 Å². The van der Waals surface area contributed by atoms with Crippen molar-refractivity contribution in [1.82, 2.24) is 10.6 Å². The fourth-order valence-electron chi connectivity index (χ4n) is 2.67. The third kappa shape index (κ3) is 7.26. The Balaban J connectivity index is 2.61. The van der Waals surface area contributed by atoms with E-state index in [2.05, 4.69) is 62.6 Å². The topological polar surface area (TPSA) is 74.8 Å². The van der Waals surface area contributed by atoms with Gasteiger partial charge in [0.1, 0.15) is 6.04 Å². The second-order valence-electron chi connectivity index (χ2n) is 7.36. The molecule has 4 N–H and O–H groups in total. The molecule has 1 aromatic rings. The highest BCUT2D eigenvalue weighted by Crippen LogP contribution is 2.21. The maximum absolute atomic E-state index is 12.0. The lowest BCUT2D eigenvalue weighted by Gasteiger charge is -2.20. The van der Waals surface area contributed by atoms with Gasteiger partial charge in [-0.2, -0.15) is 0 Å². The molecule has 0 heterocycles. The van der Waals surface area contributed by atoms with Crippen LogP contribution in [-0.2, 0) is 4.79 Å². The zero-order valence-electron chi connectivity index (χ0n) is 16.4. The molecule has 0 saturated carbocycles. The Labute approximate surface area is 152 Å². The van der Waals surface area contributed by atoms with Crippen molar-refractivity contribution in [3.05, 3.63) is 35.4 Å². The van der Waals surface area contributed by atoms with Crippen LogP contribution in [0.3, 0.4) is 0 Å². The van der Waals surface area contributed by atoms with Crippen LogP contribution in [0.2, 0.25) is 0 Å². The summed E-state index contributed by atoms with van der Waals surface area (Å²) in [5, 5.41) is 7.13. The van der Waals surface area contributed by atoms with Crippen LogP contribution in [0.4, 0.5) is 4.79 Å². The summed E-state index contributed by atoms with van der Waals surface area (Å²) >= 11 is 0. The average molecular weight is 349 g/mol. The van der Waals surface area contributed by atoms with Gasteiger partial charge >= 0.3 is 6.03 Å². The van der Waals surface area contributed by atoms with Gasteiger partial charge in [0.25, 0.3) is 5.91 Å². The number of hydrogen-bond donors (Lipinski definition) is 3. The minimum absolute atomic E-state index is 0.0552. The Morgan fingerprint density at radius 2 is 1.56 bits per heavy atom. The maximum Gasteiger partial charge on any atom is 0.321 e. The van der Waals surface area contributed by atoms with E-state index in [1.165, 1.54) is 11.1 Å². The van der Waals surface area contributed by atoms with Crippen LogP contribution < -0.4 is 16.0 Å². The van der Waals surface area contributed by atoms with E-state index >= 15 is 0 Å². The number of amides is 3. The molecule has 0 aliphatic rings. The van der Waals surface area contributed by atoms with Gasteiger partial charge in [-0.05, 0) is 24.8 Å². The molecule has 0 fully saturated rings. The molecule has 5 nitrogen and oxygen atoms in total. The maximum atomic E-state index is 12.0. The number of carbonyl (C=O) groups excluding carboxylic acids is 2. The molecule has 0 spiro atoms. The standard InChI is InChI=1S/C20H33N3O2/c1-7-15(6)22-20(25)23-18(24)12-21-19(14(4)5)17-10-8-16(9-11-17)13(2)3/h8-11,13-15,19,21H,7,12H2,1-6H3,(H2,22,23,24,25)/p+1/t15-,19+/m0/s1. The second kappa shape index (κ2) is 10.2. The molecule has 1 aromatic carbocycles. The van der Waals surface area contributed by atoms with Crippen molar-refractivity contribution in [3.63, 3.8) is 0 Å². The van der Waals surface area contributed by atoms with Crippen LogP contribution in [0.25, 0.3) is 0 Å². The molecule has 0 aromatic heterocycles. The molecule has 2 atom stereocenters. The zero-order valence-corrected chi connectivity index (χ0v) is 16.4. The van der Waals surface area contributed by atoms with Crippen LogP contribution in [0.1, 0.15) is 71.0 Å². The van der Waals surface area contributed by atoms with Gasteiger partial charge in [-0.1, -0.05) is 58.9 Å². The number of rotatable bonds is 8. The summed E-state index contributed by atoms with van der Waals surface area (Å²) in [6, 6.07) is 8.42. The van der Waals surface area contributed by atoms with Crippen LogP contribution in [-0.4, -0.2) is 24.5 Å². The van der Waals surface area contributed by atoms with E-state index in [1.807, 2.05) is 19.2 Å². The van der Waals surface area contributed by atoms with Crippen LogP contribution in [0, 0.1) is 5.92 Å². The number of nitrogens with two attached hydrogens (primary N) is 1. The molecule has 0 aliphatic heterocycles. The minimum atomic E-state index is -0.421. The quantitative estimate of drug-likeness (QED) is 0.676. The van der Waals surface area contributed by atoms with Crippen LogP contribution in [0.15, 0.2) is 24.3 Å². The summed E-state index contributed by atoms with van der Waals surface area (Å²) in [4.78, 5) is 23.7. The Bertz CT molecular complexity index is 553. The van der Waals surface area contributed by atoms with E-state index in [0.29, 0.717) is 11.8 Å². The van der Waals surface area contributed by atoms with Gasteiger partial charge in [0, 0.05) is 17.5 Å². The molecular weight excluding hydrogens is 314 g/mol. The number of quaternary nitrogens is 1. The third-order valence-corrected chi connectivity index (χ3v) is 4.51. The predicted octanol–water partition coefficient (Wildman–Crippen LogP) is 2.69. The van der Waals surface area contributed by atoms with Gasteiger partial charge in [-0.15, -0.1) is 0 Å². The summed E-state index contributed by atoms with van der Waals surface area (Å²) < 4.78 is 0. The summed E-state index contributed by atoms with van der Waals surface area (Å²) in [6.07, 6.45) is 0.829. The molecule has 0 radical (unpaired) electrons. The van der Waals surface area contributed by atoms with Gasteiger partial charge in [0.2, 0.25) is 0 Å². The fraction of sp³-hybridized carbons (Fsp3) is 0.600. The number of benzene rings is 1. The monoisotopic (exact) mass is 348 g/mol. The molecule has 0 saturated heterocycles. The molecule has 1 rings (SSSR count). The highest BCUT2D eigenvalue weighted by atomic mass is 16.2. The predicted molar refractivity (Wildman–Crippen MR) is 101 cm³/mol. The zero-order chi connectivity index (χ0) is 19.0. The summed E-state index contributed by atoms with van der Waals surface area (Å²) in [5.74, 6) is 0.613. The minimum Gasteiger partial charge on any atom is -0.335 e. The molecule has 140 valence electrons. The van der Waals surface area contributed by atoms with Crippen molar-refractivity contribution in [3.8, 4) is 0 Å². The van der Waals surface area contributed by atoms with Crippen molar-refractivity contribution in [1.29, 1.82) is 0 Å². The van der Waals surface area contributed by atoms with E-state index in [4.69, 9.17) is 0 Å². The molecular formula is C20H34N3O2+. The average Bonchev–Trinajstić information content (AvgIpc) is 2.54. The van der Waals surface area contributed by atoms with Gasteiger partial charge < -0.3 is 10.6 Å². The fourth-order valence-corrected chi connectivity index (χ4v) is 2.67. The van der Waals surface area contributed by atoms with Crippen molar-refractivity contribution < 1.29 is 14.9 Å². The lowest BCUT2D eigenvalue weighted by atomic mass is 9.93. The van der Waals surface area contributed by atoms with Crippen molar-refractivity contribution in [2.45, 2.75) is 66.0 Å². The Kier molecular flexibility index (Phi) is 8.62. The smallest absolute Gasteiger partial charge is 0.321 e. The van der Waals surface area contributed by atoms with E-state index in [9.17, 15) is 9.59 Å². The highest BCUT2D eigenvalue weighted by Gasteiger charge is 2.21. The molecule has 0 unspecified atom stereocenters. The number of nitrogens with one attached hydrogen (secondary N) is 2. The van der Waals surface area contributed by atoms with Gasteiger partial charge in [-0.3, -0.25) is 10.1 Å². The Morgan fingerprint density at radius 1 is 1.00 bits per heavy atom. The molecule has 5 heteroatoms. The van der Waals surface area contributed by atoms with Crippen LogP contribution >= 0.6 is 0 Å². The van der Waals surface area contributed by atoms with E-state index in [1.54, 1.807) is 0 Å². The number of hydrogen-bond acceptors (Lipinski definition) is 2. The van der Waals surface area contributed by atoms with E-state index < -0.39 is 6.03 Å². The molecule has 3 amide bonds. The Hall–Kier alpha value is -1.88. The van der Waals surface area contributed by atoms with Crippen molar-refractivity contribution in [2.75, 3.05) is 6.54 Å². The summed E-state index contributed by atoms with van der Waals surface area (Å²) in [6.45, 7) is 12.8. The number of carbonyl (C=O) groups is 2. The Morgan fingerprint density at radius 3 is 2.04 bits per heavy atom. The molecule has 0 bridgehead atoms. The second-order valence-corrected chi connectivity index (χ2v) is 7.36. The first kappa shape index (κ1) is 21.2. The summed E-state index contributed by atoms with van der Waals surface area (Å²) in [5.41, 5.74) is 2.52.